The van der Waals surface area contributed by atoms with Gasteiger partial charge in [0.05, 0.1) is 23.7 Å². The number of nitriles is 1. The number of likely N-dealkylation sites (tertiary alicyclic amines) is 1. The number of carbonyl (C=O) groups excluding carboxylic acids is 1. The number of carbonyl (C=O) groups is 1. The quantitative estimate of drug-likeness (QED) is 0.394. The molecule has 2 aliphatic rings. The highest BCUT2D eigenvalue weighted by Gasteiger charge is 2.40. The maximum Gasteiger partial charge on any atom is 0.416 e. The van der Waals surface area contributed by atoms with Crippen LogP contribution in [0.15, 0.2) is 48.5 Å². The summed E-state index contributed by atoms with van der Waals surface area (Å²) in [5, 5.41) is 8.94. The molecule has 2 fully saturated rings. The third kappa shape index (κ3) is 6.66. The van der Waals surface area contributed by atoms with E-state index < -0.39 is 41.0 Å². The standard InChI is InChI=1S/C27H28F6N4O/c28-26(29,30)21-15-20(16-22(17-21)27(31,32)33)25(38)37-8-6-23(36-12-10-35(9-7-34)11-13-36)18-24(37)14-19-4-2-1-3-5-19/h1-5,15-17,23-24H,6,8-14,18H2/t23-,24-/m0/s1. The minimum absolute atomic E-state index is 0.0381. The average Bonchev–Trinajstić information content (AvgIpc) is 2.88. The third-order valence-corrected chi connectivity index (χ3v) is 7.32. The van der Waals surface area contributed by atoms with Crippen molar-refractivity contribution in [2.75, 3.05) is 39.3 Å². The first-order valence-electron chi connectivity index (χ1n) is 12.4. The van der Waals surface area contributed by atoms with Gasteiger partial charge in [-0.1, -0.05) is 30.3 Å². The smallest absolute Gasteiger partial charge is 0.335 e. The van der Waals surface area contributed by atoms with E-state index in [0.717, 1.165) is 31.7 Å². The van der Waals surface area contributed by atoms with Crippen molar-refractivity contribution in [3.8, 4) is 6.07 Å². The van der Waals surface area contributed by atoms with E-state index in [1.807, 2.05) is 30.3 Å². The number of hydrogen-bond donors (Lipinski definition) is 0. The number of piperazine rings is 1. The zero-order valence-corrected chi connectivity index (χ0v) is 20.6. The van der Waals surface area contributed by atoms with Gasteiger partial charge in [0.2, 0.25) is 0 Å². The monoisotopic (exact) mass is 538 g/mol. The lowest BCUT2D eigenvalue weighted by Crippen LogP contribution is -2.56. The molecule has 0 aliphatic carbocycles. The molecule has 4 rings (SSSR count). The Labute approximate surface area is 217 Å². The lowest BCUT2D eigenvalue weighted by atomic mass is 9.90. The van der Waals surface area contributed by atoms with Crippen molar-refractivity contribution in [1.29, 1.82) is 5.26 Å². The molecule has 2 heterocycles. The van der Waals surface area contributed by atoms with Crippen molar-refractivity contribution in [2.45, 2.75) is 43.7 Å². The molecular weight excluding hydrogens is 510 g/mol. The Morgan fingerprint density at radius 1 is 0.895 bits per heavy atom. The van der Waals surface area contributed by atoms with Crippen LogP contribution in [0.3, 0.4) is 0 Å². The number of piperidine rings is 1. The Morgan fingerprint density at radius 2 is 1.50 bits per heavy atom. The first-order chi connectivity index (χ1) is 18.0. The maximum absolute atomic E-state index is 13.5. The average molecular weight is 539 g/mol. The topological polar surface area (TPSA) is 50.6 Å². The number of nitrogens with zero attached hydrogens (tertiary/aromatic N) is 4. The summed E-state index contributed by atoms with van der Waals surface area (Å²) in [6.45, 7) is 3.55. The predicted molar refractivity (Wildman–Crippen MR) is 128 cm³/mol. The lowest BCUT2D eigenvalue weighted by molar-refractivity contribution is -0.143. The number of halogens is 6. The van der Waals surface area contributed by atoms with Gasteiger partial charge in [-0.15, -0.1) is 0 Å². The molecule has 11 heteroatoms. The molecule has 5 nitrogen and oxygen atoms in total. The lowest BCUT2D eigenvalue weighted by Gasteiger charge is -2.46. The van der Waals surface area contributed by atoms with Crippen LogP contribution < -0.4 is 0 Å². The van der Waals surface area contributed by atoms with E-state index in [-0.39, 0.29) is 18.7 Å². The summed E-state index contributed by atoms with van der Waals surface area (Å²) in [4.78, 5) is 19.3. The summed E-state index contributed by atoms with van der Waals surface area (Å²) < 4.78 is 80.5. The predicted octanol–water partition coefficient (Wildman–Crippen LogP) is 5.08. The molecule has 0 unspecified atom stereocenters. The molecule has 38 heavy (non-hydrogen) atoms. The zero-order valence-electron chi connectivity index (χ0n) is 20.6. The summed E-state index contributed by atoms with van der Waals surface area (Å²) in [6, 6.07) is 12.2. The summed E-state index contributed by atoms with van der Waals surface area (Å²) in [5.41, 5.74) is -2.69. The molecule has 204 valence electrons. The molecule has 0 aromatic heterocycles. The molecule has 0 radical (unpaired) electrons. The fourth-order valence-electron chi connectivity index (χ4n) is 5.34. The molecule has 2 aromatic carbocycles. The van der Waals surface area contributed by atoms with E-state index in [9.17, 15) is 31.1 Å². The Hall–Kier alpha value is -3.10. The molecule has 2 atom stereocenters. The van der Waals surface area contributed by atoms with Gasteiger partial charge in [0.1, 0.15) is 0 Å². The fraction of sp³-hybridized carbons (Fsp3) is 0.481. The second-order valence-corrected chi connectivity index (χ2v) is 9.79. The van der Waals surface area contributed by atoms with Gasteiger partial charge < -0.3 is 4.90 Å². The molecule has 0 saturated carbocycles. The van der Waals surface area contributed by atoms with Crippen LogP contribution in [0.4, 0.5) is 26.3 Å². The first-order valence-corrected chi connectivity index (χ1v) is 12.4. The summed E-state index contributed by atoms with van der Waals surface area (Å²) in [6.07, 6.45) is -8.52. The third-order valence-electron chi connectivity index (χ3n) is 7.32. The molecule has 2 saturated heterocycles. The Balaban J connectivity index is 1.60. The van der Waals surface area contributed by atoms with Gasteiger partial charge in [0, 0.05) is 50.4 Å². The van der Waals surface area contributed by atoms with Gasteiger partial charge in [-0.2, -0.15) is 31.6 Å². The van der Waals surface area contributed by atoms with E-state index >= 15 is 0 Å². The van der Waals surface area contributed by atoms with Gasteiger partial charge in [-0.25, -0.2) is 0 Å². The number of benzene rings is 2. The van der Waals surface area contributed by atoms with Crippen molar-refractivity contribution in [1.82, 2.24) is 14.7 Å². The van der Waals surface area contributed by atoms with Crippen LogP contribution >= 0.6 is 0 Å². The van der Waals surface area contributed by atoms with Gasteiger partial charge in [-0.05, 0) is 43.0 Å². The molecular formula is C27H28F6N4O. The highest BCUT2D eigenvalue weighted by atomic mass is 19.4. The Kier molecular flexibility index (Phi) is 8.33. The van der Waals surface area contributed by atoms with Gasteiger partial charge >= 0.3 is 12.4 Å². The minimum Gasteiger partial charge on any atom is -0.335 e. The first kappa shape index (κ1) is 27.9. The highest BCUT2D eigenvalue weighted by molar-refractivity contribution is 5.95. The Morgan fingerprint density at radius 3 is 2.05 bits per heavy atom. The van der Waals surface area contributed by atoms with Crippen LogP contribution in [0, 0.1) is 11.3 Å². The van der Waals surface area contributed by atoms with E-state index in [1.165, 1.54) is 4.90 Å². The van der Waals surface area contributed by atoms with Crippen LogP contribution in [0.5, 0.6) is 0 Å². The second-order valence-electron chi connectivity index (χ2n) is 9.79. The van der Waals surface area contributed by atoms with Crippen LogP contribution in [0.25, 0.3) is 0 Å². The Bertz CT molecular complexity index is 1120. The number of amides is 1. The van der Waals surface area contributed by atoms with Crippen LogP contribution in [0.2, 0.25) is 0 Å². The van der Waals surface area contributed by atoms with Crippen molar-refractivity contribution in [2.24, 2.45) is 0 Å². The van der Waals surface area contributed by atoms with Gasteiger partial charge in [0.25, 0.3) is 5.91 Å². The fourth-order valence-corrected chi connectivity index (χ4v) is 5.34. The summed E-state index contributed by atoms with van der Waals surface area (Å²) in [5.74, 6) is -0.833. The molecule has 0 spiro atoms. The highest BCUT2D eigenvalue weighted by Crippen LogP contribution is 2.37. The molecule has 2 aromatic rings. The van der Waals surface area contributed by atoms with E-state index in [2.05, 4.69) is 15.9 Å². The van der Waals surface area contributed by atoms with Crippen LogP contribution in [0.1, 0.15) is 39.9 Å². The second kappa shape index (κ2) is 11.3. The summed E-state index contributed by atoms with van der Waals surface area (Å²) >= 11 is 0. The van der Waals surface area contributed by atoms with Gasteiger partial charge in [-0.3, -0.25) is 14.6 Å². The van der Waals surface area contributed by atoms with Crippen LogP contribution in [-0.4, -0.2) is 72.0 Å². The number of alkyl halides is 6. The minimum atomic E-state index is -5.03. The molecule has 1 amide bonds. The van der Waals surface area contributed by atoms with Crippen molar-refractivity contribution >= 4 is 5.91 Å². The molecule has 0 bridgehead atoms. The van der Waals surface area contributed by atoms with Crippen molar-refractivity contribution < 1.29 is 31.1 Å². The number of hydrogen-bond acceptors (Lipinski definition) is 4. The van der Waals surface area contributed by atoms with E-state index in [1.54, 1.807) is 0 Å². The molecule has 2 aliphatic heterocycles. The SMILES string of the molecule is N#CCN1CCN([C@H]2CCN(C(=O)c3cc(C(F)(F)F)cc(C(F)(F)F)c3)[C@@H](Cc3ccccc3)C2)CC1. The van der Waals surface area contributed by atoms with E-state index in [4.69, 9.17) is 5.26 Å². The van der Waals surface area contributed by atoms with E-state index in [0.29, 0.717) is 37.9 Å². The van der Waals surface area contributed by atoms with Gasteiger partial charge in [0.15, 0.2) is 0 Å². The number of rotatable bonds is 5. The van der Waals surface area contributed by atoms with Crippen LogP contribution in [-0.2, 0) is 18.8 Å². The normalized spacial score (nSPS) is 21.8. The summed E-state index contributed by atoms with van der Waals surface area (Å²) in [7, 11) is 0. The zero-order chi connectivity index (χ0) is 27.5. The van der Waals surface area contributed by atoms with Crippen molar-refractivity contribution in [3.05, 3.63) is 70.8 Å². The largest absolute Gasteiger partial charge is 0.416 e. The van der Waals surface area contributed by atoms with Crippen molar-refractivity contribution in [3.63, 3.8) is 0 Å². The maximum atomic E-state index is 13.5. The molecule has 0 N–H and O–H groups in total.